The Balaban J connectivity index is 1.90. The Hall–Kier alpha value is -0.920. The van der Waals surface area contributed by atoms with Crippen LogP contribution in [0.4, 0.5) is 0 Å². The van der Waals surface area contributed by atoms with Crippen LogP contribution >= 0.6 is 0 Å². The molecule has 108 valence electrons. The quantitative estimate of drug-likeness (QED) is 0.832. The zero-order chi connectivity index (χ0) is 13.9. The highest BCUT2D eigenvalue weighted by Crippen LogP contribution is 2.26. The lowest BCUT2D eigenvalue weighted by atomic mass is 9.85. The fourth-order valence-corrected chi connectivity index (χ4v) is 3.54. The molecule has 1 aliphatic carbocycles. The predicted octanol–water partition coefficient (Wildman–Crippen LogP) is 0.640. The van der Waals surface area contributed by atoms with Crippen LogP contribution in [0.2, 0.25) is 0 Å². The van der Waals surface area contributed by atoms with Crippen LogP contribution in [0.5, 0.6) is 0 Å². The van der Waals surface area contributed by atoms with E-state index in [2.05, 4.69) is 9.82 Å². The van der Waals surface area contributed by atoms with Crippen LogP contribution in [0.3, 0.4) is 0 Å². The van der Waals surface area contributed by atoms with E-state index in [-0.39, 0.29) is 17.4 Å². The van der Waals surface area contributed by atoms with Gasteiger partial charge in [-0.05, 0) is 18.8 Å². The molecule has 0 bridgehead atoms. The number of hydrogen-bond donors (Lipinski definition) is 2. The van der Waals surface area contributed by atoms with Gasteiger partial charge < -0.3 is 5.11 Å². The number of hydrogen-bond acceptors (Lipinski definition) is 4. The van der Waals surface area contributed by atoms with Crippen molar-refractivity contribution in [2.45, 2.75) is 43.1 Å². The summed E-state index contributed by atoms with van der Waals surface area (Å²) in [4.78, 5) is 0.130. The van der Waals surface area contributed by atoms with E-state index in [1.165, 1.54) is 23.5 Å². The second kappa shape index (κ2) is 6.02. The summed E-state index contributed by atoms with van der Waals surface area (Å²) in [7, 11) is -1.90. The molecule has 1 aliphatic rings. The van der Waals surface area contributed by atoms with E-state index in [4.69, 9.17) is 0 Å². The van der Waals surface area contributed by atoms with Gasteiger partial charge in [-0.1, -0.05) is 19.3 Å². The van der Waals surface area contributed by atoms with Gasteiger partial charge >= 0.3 is 0 Å². The average molecular weight is 287 g/mol. The maximum Gasteiger partial charge on any atom is 0.243 e. The predicted molar refractivity (Wildman–Crippen MR) is 71.0 cm³/mol. The van der Waals surface area contributed by atoms with Gasteiger partial charge in [-0.25, -0.2) is 13.1 Å². The van der Waals surface area contributed by atoms with E-state index in [1.807, 2.05) is 0 Å². The Morgan fingerprint density at radius 2 is 2.16 bits per heavy atom. The lowest BCUT2D eigenvalue weighted by Gasteiger charge is -2.26. The second-order valence-electron chi connectivity index (χ2n) is 5.17. The molecule has 6 nitrogen and oxygen atoms in total. The van der Waals surface area contributed by atoms with Gasteiger partial charge in [0.15, 0.2) is 0 Å². The van der Waals surface area contributed by atoms with E-state index in [1.54, 1.807) is 7.05 Å². The van der Waals surface area contributed by atoms with E-state index < -0.39 is 16.1 Å². The first-order valence-electron chi connectivity index (χ1n) is 6.65. The van der Waals surface area contributed by atoms with Gasteiger partial charge in [-0.3, -0.25) is 4.68 Å². The lowest BCUT2D eigenvalue weighted by Crippen LogP contribution is -2.36. The first-order valence-corrected chi connectivity index (χ1v) is 8.14. The average Bonchev–Trinajstić information content (AvgIpc) is 2.85. The molecule has 1 unspecified atom stereocenters. The summed E-state index contributed by atoms with van der Waals surface area (Å²) >= 11 is 0. The van der Waals surface area contributed by atoms with E-state index in [0.717, 1.165) is 25.7 Å². The summed E-state index contributed by atoms with van der Waals surface area (Å²) < 4.78 is 27.8. The summed E-state index contributed by atoms with van der Waals surface area (Å²) in [5.41, 5.74) is 0. The first kappa shape index (κ1) is 14.5. The molecule has 0 spiro atoms. The number of aliphatic hydroxyl groups is 1. The smallest absolute Gasteiger partial charge is 0.243 e. The monoisotopic (exact) mass is 287 g/mol. The normalized spacial score (nSPS) is 19.5. The minimum Gasteiger partial charge on any atom is -0.391 e. The number of aliphatic hydroxyl groups excluding tert-OH is 1. The van der Waals surface area contributed by atoms with Crippen molar-refractivity contribution >= 4 is 10.0 Å². The molecule has 2 N–H and O–H groups in total. The Bertz CT molecular complexity index is 506. The van der Waals surface area contributed by atoms with Crippen molar-refractivity contribution in [2.75, 3.05) is 6.54 Å². The fraction of sp³-hybridized carbons (Fsp3) is 0.750. The summed E-state index contributed by atoms with van der Waals surface area (Å²) in [6.07, 6.45) is 7.56. The molecule has 0 amide bonds. The molecule has 1 aromatic heterocycles. The number of sulfonamides is 1. The van der Waals surface area contributed by atoms with Crippen molar-refractivity contribution in [2.24, 2.45) is 13.0 Å². The number of nitrogens with one attached hydrogen (secondary N) is 1. The third kappa shape index (κ3) is 3.77. The van der Waals surface area contributed by atoms with E-state index >= 15 is 0 Å². The van der Waals surface area contributed by atoms with Crippen LogP contribution in [0.1, 0.15) is 32.1 Å². The zero-order valence-corrected chi connectivity index (χ0v) is 11.9. The summed E-state index contributed by atoms with van der Waals surface area (Å²) in [5, 5.41) is 13.9. The zero-order valence-electron chi connectivity index (χ0n) is 11.1. The van der Waals surface area contributed by atoms with Crippen LogP contribution in [-0.2, 0) is 17.1 Å². The Kier molecular flexibility index (Phi) is 4.59. The van der Waals surface area contributed by atoms with Crippen molar-refractivity contribution in [3.05, 3.63) is 12.4 Å². The summed E-state index contributed by atoms with van der Waals surface area (Å²) in [6, 6.07) is 0. The molecule has 7 heteroatoms. The summed E-state index contributed by atoms with van der Waals surface area (Å²) in [6.45, 7) is 0.0713. The molecule has 0 aromatic carbocycles. The first-order chi connectivity index (χ1) is 8.99. The van der Waals surface area contributed by atoms with Gasteiger partial charge in [0.25, 0.3) is 0 Å². The topological polar surface area (TPSA) is 84.2 Å². The summed E-state index contributed by atoms with van der Waals surface area (Å²) in [5.74, 6) is 0.213. The van der Waals surface area contributed by atoms with Crippen molar-refractivity contribution in [1.29, 1.82) is 0 Å². The molecule has 2 rings (SSSR count). The molecular formula is C12H21N3O3S. The van der Waals surface area contributed by atoms with Gasteiger partial charge in [0.1, 0.15) is 4.90 Å². The van der Waals surface area contributed by atoms with Crippen LogP contribution in [0.25, 0.3) is 0 Å². The third-order valence-corrected chi connectivity index (χ3v) is 5.05. The minimum atomic E-state index is -3.57. The number of rotatable bonds is 5. The molecule has 1 atom stereocenters. The lowest BCUT2D eigenvalue weighted by molar-refractivity contribution is 0.0888. The number of aromatic nitrogens is 2. The third-order valence-electron chi connectivity index (χ3n) is 3.67. The molecule has 1 aromatic rings. The maximum absolute atomic E-state index is 12.0. The molecule has 1 saturated carbocycles. The minimum absolute atomic E-state index is 0.0713. The van der Waals surface area contributed by atoms with Crippen LogP contribution < -0.4 is 4.72 Å². The molecule has 0 saturated heterocycles. The van der Waals surface area contributed by atoms with E-state index in [9.17, 15) is 13.5 Å². The van der Waals surface area contributed by atoms with Gasteiger partial charge in [-0.15, -0.1) is 0 Å². The van der Waals surface area contributed by atoms with Crippen molar-refractivity contribution in [3.8, 4) is 0 Å². The van der Waals surface area contributed by atoms with Crippen LogP contribution in [0, 0.1) is 5.92 Å². The van der Waals surface area contributed by atoms with Gasteiger partial charge in [0.2, 0.25) is 10.0 Å². The Morgan fingerprint density at radius 1 is 1.47 bits per heavy atom. The van der Waals surface area contributed by atoms with Crippen molar-refractivity contribution in [1.82, 2.24) is 14.5 Å². The highest BCUT2D eigenvalue weighted by molar-refractivity contribution is 7.89. The highest BCUT2D eigenvalue weighted by Gasteiger charge is 2.24. The standard InChI is InChI=1S/C12H21N3O3S/c1-15-9-11(7-13-15)19(17,18)14-8-12(16)10-5-3-2-4-6-10/h7,9-10,12,14,16H,2-6,8H2,1H3. The largest absolute Gasteiger partial charge is 0.391 e. The molecule has 0 radical (unpaired) electrons. The van der Waals surface area contributed by atoms with Crippen LogP contribution in [-0.4, -0.2) is 36.0 Å². The van der Waals surface area contributed by atoms with Crippen LogP contribution in [0.15, 0.2) is 17.3 Å². The number of nitrogens with zero attached hydrogens (tertiary/aromatic N) is 2. The molecule has 1 fully saturated rings. The van der Waals surface area contributed by atoms with E-state index in [0.29, 0.717) is 0 Å². The maximum atomic E-state index is 12.0. The molecular weight excluding hydrogens is 266 g/mol. The molecule has 0 aliphatic heterocycles. The Morgan fingerprint density at radius 3 is 2.74 bits per heavy atom. The van der Waals surface area contributed by atoms with Crippen molar-refractivity contribution in [3.63, 3.8) is 0 Å². The second-order valence-corrected chi connectivity index (χ2v) is 6.93. The molecule has 19 heavy (non-hydrogen) atoms. The van der Waals surface area contributed by atoms with Gasteiger partial charge in [-0.2, -0.15) is 5.10 Å². The number of aryl methyl sites for hydroxylation is 1. The van der Waals surface area contributed by atoms with Gasteiger partial charge in [0, 0.05) is 19.8 Å². The van der Waals surface area contributed by atoms with Crippen molar-refractivity contribution < 1.29 is 13.5 Å². The SMILES string of the molecule is Cn1cc(S(=O)(=O)NCC(O)C2CCCCC2)cn1. The highest BCUT2D eigenvalue weighted by atomic mass is 32.2. The van der Waals surface area contributed by atoms with Gasteiger partial charge in [0.05, 0.1) is 12.3 Å². The Labute approximate surface area is 113 Å². The molecule has 1 heterocycles. The fourth-order valence-electron chi connectivity index (χ4n) is 2.50.